The molecule has 5 rings (SSSR count). The summed E-state index contributed by atoms with van der Waals surface area (Å²) in [6.45, 7) is 3.58. The number of halogens is 2. The van der Waals surface area contributed by atoms with Crippen LogP contribution >= 0.6 is 0 Å². The SMILES string of the molecule is CCOC(=O)c1cn(/C=C(\Cn2ccnc2)Cn2cc(C(=O)OCC)c(=O)c3cc(F)ccc32)c2ccc(F)cc2c1=O. The third-order valence-corrected chi connectivity index (χ3v) is 6.67. The van der Waals surface area contributed by atoms with Gasteiger partial charge in [-0.2, -0.15) is 0 Å². The number of nitrogens with zero attached hydrogens (tertiary/aromatic N) is 4. The Bertz CT molecular complexity index is 2010. The van der Waals surface area contributed by atoms with Gasteiger partial charge >= 0.3 is 11.9 Å². The molecule has 0 spiro atoms. The molecule has 10 nitrogen and oxygen atoms in total. The fraction of sp³-hybridized carbons (Fsp3) is 0.194. The minimum Gasteiger partial charge on any atom is -0.462 e. The Morgan fingerprint density at radius 3 is 2.00 bits per heavy atom. The summed E-state index contributed by atoms with van der Waals surface area (Å²) in [6, 6.07) is 7.37. The van der Waals surface area contributed by atoms with Gasteiger partial charge in [0, 0.05) is 54.8 Å². The zero-order valence-electron chi connectivity index (χ0n) is 23.3. The second kappa shape index (κ2) is 12.2. The lowest BCUT2D eigenvalue weighted by Gasteiger charge is -2.17. The third-order valence-electron chi connectivity index (χ3n) is 6.67. The zero-order chi connectivity index (χ0) is 30.7. The van der Waals surface area contributed by atoms with Crippen LogP contribution in [0.25, 0.3) is 28.0 Å². The quantitative estimate of drug-likeness (QED) is 0.235. The number of fused-ring (bicyclic) bond motifs is 2. The smallest absolute Gasteiger partial charge is 0.343 e. The van der Waals surface area contributed by atoms with E-state index in [1.165, 1.54) is 41.2 Å². The first-order valence-corrected chi connectivity index (χ1v) is 13.4. The van der Waals surface area contributed by atoms with Gasteiger partial charge in [0.25, 0.3) is 0 Å². The maximum absolute atomic E-state index is 14.2. The molecule has 0 N–H and O–H groups in total. The third kappa shape index (κ3) is 5.98. The van der Waals surface area contributed by atoms with E-state index in [4.69, 9.17) is 9.47 Å². The lowest BCUT2D eigenvalue weighted by atomic mass is 10.1. The van der Waals surface area contributed by atoms with E-state index >= 15 is 0 Å². The van der Waals surface area contributed by atoms with Crippen molar-refractivity contribution < 1.29 is 27.8 Å². The molecule has 0 bridgehead atoms. The molecule has 0 saturated carbocycles. The van der Waals surface area contributed by atoms with Gasteiger partial charge in [0.2, 0.25) is 10.9 Å². The molecule has 0 aliphatic rings. The molecule has 3 aromatic heterocycles. The predicted octanol–water partition coefficient (Wildman–Crippen LogP) is 4.39. The van der Waals surface area contributed by atoms with Gasteiger partial charge < -0.3 is 23.2 Å². The van der Waals surface area contributed by atoms with Crippen LogP contribution in [0, 0.1) is 11.6 Å². The lowest BCUT2D eigenvalue weighted by Crippen LogP contribution is -2.22. The van der Waals surface area contributed by atoms with Gasteiger partial charge in [-0.25, -0.2) is 23.4 Å². The fourth-order valence-corrected chi connectivity index (χ4v) is 4.81. The van der Waals surface area contributed by atoms with Crippen molar-refractivity contribution in [1.29, 1.82) is 0 Å². The highest BCUT2D eigenvalue weighted by Gasteiger charge is 2.19. The Labute approximate surface area is 243 Å². The number of aromatic nitrogens is 4. The predicted molar refractivity (Wildman–Crippen MR) is 155 cm³/mol. The van der Waals surface area contributed by atoms with E-state index in [9.17, 15) is 28.0 Å². The number of hydrogen-bond acceptors (Lipinski definition) is 7. The van der Waals surface area contributed by atoms with Gasteiger partial charge in [-0.15, -0.1) is 0 Å². The van der Waals surface area contributed by atoms with Crippen molar-refractivity contribution in [1.82, 2.24) is 18.7 Å². The average Bonchev–Trinajstić information content (AvgIpc) is 3.49. The molecule has 12 heteroatoms. The van der Waals surface area contributed by atoms with E-state index in [1.807, 2.05) is 0 Å². The number of carbonyl (C=O) groups is 2. The van der Waals surface area contributed by atoms with Crippen LogP contribution in [0.5, 0.6) is 0 Å². The second-order valence-electron chi connectivity index (χ2n) is 9.57. The molecule has 220 valence electrons. The molecule has 0 unspecified atom stereocenters. The largest absolute Gasteiger partial charge is 0.462 e. The Hall–Kier alpha value is -5.39. The van der Waals surface area contributed by atoms with Crippen LogP contribution in [-0.2, 0) is 22.6 Å². The van der Waals surface area contributed by atoms with E-state index in [0.717, 1.165) is 12.1 Å². The lowest BCUT2D eigenvalue weighted by molar-refractivity contribution is 0.0514. The summed E-state index contributed by atoms with van der Waals surface area (Å²) in [5.74, 6) is -3.01. The van der Waals surface area contributed by atoms with Crippen molar-refractivity contribution in [3.63, 3.8) is 0 Å². The highest BCUT2D eigenvalue weighted by molar-refractivity contribution is 5.95. The molecular weight excluding hydrogens is 562 g/mol. The van der Waals surface area contributed by atoms with Crippen molar-refractivity contribution in [3.8, 4) is 0 Å². The van der Waals surface area contributed by atoms with Crippen molar-refractivity contribution in [2.45, 2.75) is 26.9 Å². The summed E-state index contributed by atoms with van der Waals surface area (Å²) >= 11 is 0. The van der Waals surface area contributed by atoms with Crippen LogP contribution in [0.4, 0.5) is 8.78 Å². The second-order valence-corrected chi connectivity index (χ2v) is 9.57. The summed E-state index contributed by atoms with van der Waals surface area (Å²) < 4.78 is 43.5. The molecule has 5 aromatic rings. The molecule has 0 atom stereocenters. The first-order chi connectivity index (χ1) is 20.7. The summed E-state index contributed by atoms with van der Waals surface area (Å²) in [4.78, 5) is 55.7. The highest BCUT2D eigenvalue weighted by Crippen LogP contribution is 2.20. The number of carbonyl (C=O) groups excluding carboxylic acids is 2. The standard InChI is InChI=1S/C31H26F2N4O6/c1-3-42-30(40)24-16-36(26-7-5-20(32)11-22(26)28(24)38)14-19(13-35-10-9-34-18-35)15-37-17-25(31(41)43-4-2)29(39)23-12-21(33)6-8-27(23)37/h5-12,14,16-18H,3-4,13,15H2,1-2H3/b19-14+. The molecule has 3 heterocycles. The van der Waals surface area contributed by atoms with Gasteiger partial charge in [-0.3, -0.25) is 9.59 Å². The first kappa shape index (κ1) is 29.1. The van der Waals surface area contributed by atoms with Crippen LogP contribution in [0.2, 0.25) is 0 Å². The summed E-state index contributed by atoms with van der Waals surface area (Å²) in [7, 11) is 0. The zero-order valence-corrected chi connectivity index (χ0v) is 23.3. The Morgan fingerprint density at radius 2 is 1.42 bits per heavy atom. The molecule has 0 aliphatic carbocycles. The number of allylic oxidation sites excluding steroid dienone is 1. The highest BCUT2D eigenvalue weighted by atomic mass is 19.1. The van der Waals surface area contributed by atoms with E-state index in [-0.39, 0.29) is 48.2 Å². The maximum atomic E-state index is 14.2. The van der Waals surface area contributed by atoms with Gasteiger partial charge in [-0.05, 0) is 55.8 Å². The monoisotopic (exact) mass is 588 g/mol. The van der Waals surface area contributed by atoms with Gasteiger partial charge in [0.1, 0.15) is 22.8 Å². The van der Waals surface area contributed by atoms with Crippen LogP contribution < -0.4 is 10.9 Å². The van der Waals surface area contributed by atoms with Crippen molar-refractivity contribution >= 4 is 39.9 Å². The molecule has 0 aliphatic heterocycles. The number of rotatable bonds is 9. The fourth-order valence-electron chi connectivity index (χ4n) is 4.81. The summed E-state index contributed by atoms with van der Waals surface area (Å²) in [5, 5.41) is -0.0425. The number of esters is 2. The van der Waals surface area contributed by atoms with E-state index in [2.05, 4.69) is 4.98 Å². The molecule has 0 amide bonds. The van der Waals surface area contributed by atoms with Crippen LogP contribution in [-0.4, -0.2) is 43.8 Å². The van der Waals surface area contributed by atoms with Crippen LogP contribution in [0.15, 0.2) is 82.7 Å². The van der Waals surface area contributed by atoms with Crippen molar-refractivity contribution in [3.05, 3.63) is 116 Å². The van der Waals surface area contributed by atoms with Gasteiger partial charge in [0.15, 0.2) is 0 Å². The molecule has 0 fully saturated rings. The summed E-state index contributed by atoms with van der Waals surface area (Å²) in [5.41, 5.74) is -0.594. The van der Waals surface area contributed by atoms with Crippen molar-refractivity contribution in [2.75, 3.05) is 13.2 Å². The number of hydrogen-bond donors (Lipinski definition) is 0. The van der Waals surface area contributed by atoms with Gasteiger partial charge in [0.05, 0.1) is 30.6 Å². The number of ether oxygens (including phenoxy) is 2. The number of benzene rings is 2. The number of imidazole rings is 1. The molecule has 0 saturated heterocycles. The van der Waals surface area contributed by atoms with Crippen LogP contribution in [0.3, 0.4) is 0 Å². The van der Waals surface area contributed by atoms with E-state index < -0.39 is 34.4 Å². The number of pyridine rings is 2. The Kier molecular flexibility index (Phi) is 8.28. The normalized spacial score (nSPS) is 11.7. The van der Waals surface area contributed by atoms with E-state index in [0.29, 0.717) is 16.6 Å². The maximum Gasteiger partial charge on any atom is 0.343 e. The van der Waals surface area contributed by atoms with Crippen molar-refractivity contribution in [2.24, 2.45) is 0 Å². The van der Waals surface area contributed by atoms with E-state index in [1.54, 1.807) is 47.9 Å². The van der Waals surface area contributed by atoms with Crippen LogP contribution in [0.1, 0.15) is 34.6 Å². The minimum absolute atomic E-state index is 0.0126. The minimum atomic E-state index is -0.857. The molecular formula is C31H26F2N4O6. The molecule has 43 heavy (non-hydrogen) atoms. The topological polar surface area (TPSA) is 114 Å². The first-order valence-electron chi connectivity index (χ1n) is 13.4. The Balaban J connectivity index is 1.74. The molecule has 2 aromatic carbocycles. The average molecular weight is 589 g/mol. The Morgan fingerprint density at radius 1 is 0.837 bits per heavy atom. The van der Waals surface area contributed by atoms with Gasteiger partial charge in [-0.1, -0.05) is 0 Å². The molecule has 0 radical (unpaired) electrons. The summed E-state index contributed by atoms with van der Waals surface area (Å²) in [6.07, 6.45) is 9.21.